The van der Waals surface area contributed by atoms with Crippen LogP contribution in [0.4, 0.5) is 0 Å². The van der Waals surface area contributed by atoms with E-state index in [0.29, 0.717) is 24.9 Å². The van der Waals surface area contributed by atoms with Crippen LogP contribution in [0.5, 0.6) is 0 Å². The van der Waals surface area contributed by atoms with Gasteiger partial charge in [-0.05, 0) is 63.2 Å². The molecular weight excluding hydrogens is 250 g/mol. The van der Waals surface area contributed by atoms with Crippen molar-refractivity contribution in [2.24, 2.45) is 23.2 Å². The molecule has 0 aromatic carbocycles. The second kappa shape index (κ2) is 4.81. The second-order valence-corrected chi connectivity index (χ2v) is 8.13. The molecular formula is C17H27NO2. The molecule has 3 heteroatoms. The number of carbonyl (C=O) groups is 1. The van der Waals surface area contributed by atoms with Crippen molar-refractivity contribution in [3.63, 3.8) is 0 Å². The Morgan fingerprint density at radius 2 is 1.70 bits per heavy atom. The van der Waals surface area contributed by atoms with Gasteiger partial charge in [-0.15, -0.1) is 0 Å². The molecule has 2 atom stereocenters. The van der Waals surface area contributed by atoms with Crippen LogP contribution >= 0.6 is 0 Å². The van der Waals surface area contributed by atoms with Gasteiger partial charge in [-0.25, -0.2) is 0 Å². The number of ether oxygens (including phenoxy) is 1. The minimum atomic E-state index is 0.0666. The number of Topliss-reactive ketones (excluding diaryl/α,β-unsaturated/α-hetero) is 1. The van der Waals surface area contributed by atoms with Crippen molar-refractivity contribution in [2.75, 3.05) is 13.2 Å². The molecule has 0 aromatic rings. The molecule has 20 heavy (non-hydrogen) atoms. The molecule has 4 aliphatic carbocycles. The summed E-state index contributed by atoms with van der Waals surface area (Å²) in [6.07, 6.45) is 8.51. The number of nitrogens with one attached hydrogen (secondary N) is 1. The van der Waals surface area contributed by atoms with E-state index in [1.807, 2.05) is 0 Å². The maximum Gasteiger partial charge on any atom is 0.140 e. The van der Waals surface area contributed by atoms with Crippen molar-refractivity contribution in [3.05, 3.63) is 0 Å². The lowest BCUT2D eigenvalue weighted by molar-refractivity contribution is -0.145. The highest BCUT2D eigenvalue weighted by molar-refractivity contribution is 5.86. The Morgan fingerprint density at radius 3 is 2.25 bits per heavy atom. The smallest absolute Gasteiger partial charge is 0.140 e. The predicted molar refractivity (Wildman–Crippen MR) is 77.4 cm³/mol. The molecule has 1 aliphatic heterocycles. The highest BCUT2D eigenvalue weighted by Gasteiger charge is 2.54. The maximum absolute atomic E-state index is 13.0. The van der Waals surface area contributed by atoms with Gasteiger partial charge in [-0.1, -0.05) is 0 Å². The second-order valence-electron chi connectivity index (χ2n) is 8.13. The summed E-state index contributed by atoms with van der Waals surface area (Å²) in [6.45, 7) is 3.63. The minimum Gasteiger partial charge on any atom is -0.378 e. The number of rotatable bonds is 3. The Labute approximate surface area is 121 Å². The lowest BCUT2D eigenvalue weighted by atomic mass is 9.48. The molecule has 1 N–H and O–H groups in total. The zero-order chi connectivity index (χ0) is 13.7. The van der Waals surface area contributed by atoms with E-state index in [1.165, 1.54) is 38.5 Å². The van der Waals surface area contributed by atoms with Gasteiger partial charge in [0.2, 0.25) is 0 Å². The van der Waals surface area contributed by atoms with Crippen LogP contribution in [-0.4, -0.2) is 31.1 Å². The van der Waals surface area contributed by atoms with E-state index in [9.17, 15) is 4.79 Å². The summed E-state index contributed by atoms with van der Waals surface area (Å²) in [4.78, 5) is 13.0. The van der Waals surface area contributed by atoms with E-state index in [-0.39, 0.29) is 11.5 Å². The molecule has 112 valence electrons. The van der Waals surface area contributed by atoms with Crippen LogP contribution in [-0.2, 0) is 9.53 Å². The van der Waals surface area contributed by atoms with Gasteiger partial charge >= 0.3 is 0 Å². The minimum absolute atomic E-state index is 0.0666. The van der Waals surface area contributed by atoms with Crippen molar-refractivity contribution < 1.29 is 9.53 Å². The van der Waals surface area contributed by atoms with Crippen LogP contribution in [0.25, 0.3) is 0 Å². The van der Waals surface area contributed by atoms with E-state index < -0.39 is 0 Å². The molecule has 0 spiro atoms. The molecule has 1 saturated heterocycles. The van der Waals surface area contributed by atoms with Gasteiger partial charge < -0.3 is 10.1 Å². The van der Waals surface area contributed by atoms with E-state index in [2.05, 4.69) is 12.2 Å². The molecule has 5 aliphatic rings. The summed E-state index contributed by atoms with van der Waals surface area (Å²) < 4.78 is 5.60. The first-order chi connectivity index (χ1) is 9.63. The summed E-state index contributed by atoms with van der Waals surface area (Å²) in [5.74, 6) is 3.13. The zero-order valence-corrected chi connectivity index (χ0v) is 12.6. The Bertz CT molecular complexity index is 371. The molecule has 4 bridgehead atoms. The first-order valence-electron chi connectivity index (χ1n) is 8.50. The van der Waals surface area contributed by atoms with Gasteiger partial charge in [-0.2, -0.15) is 0 Å². The Hall–Kier alpha value is -0.410. The van der Waals surface area contributed by atoms with Crippen molar-refractivity contribution in [1.82, 2.24) is 5.32 Å². The monoisotopic (exact) mass is 277 g/mol. The van der Waals surface area contributed by atoms with Gasteiger partial charge in [0.1, 0.15) is 5.78 Å². The predicted octanol–water partition coefficient (Wildman–Crippen LogP) is 2.54. The highest BCUT2D eigenvalue weighted by atomic mass is 16.5. The molecule has 4 saturated carbocycles. The zero-order valence-electron chi connectivity index (χ0n) is 12.6. The molecule has 0 amide bonds. The fraction of sp³-hybridized carbons (Fsp3) is 0.941. The van der Waals surface area contributed by atoms with Crippen LogP contribution in [0, 0.1) is 23.2 Å². The summed E-state index contributed by atoms with van der Waals surface area (Å²) in [7, 11) is 0. The van der Waals surface area contributed by atoms with Gasteiger partial charge in [0.25, 0.3) is 0 Å². The average molecular weight is 277 g/mol. The van der Waals surface area contributed by atoms with Crippen molar-refractivity contribution >= 4 is 5.78 Å². The lowest BCUT2D eigenvalue weighted by Gasteiger charge is -2.56. The number of morpholine rings is 1. The van der Waals surface area contributed by atoms with Gasteiger partial charge in [0.15, 0.2) is 0 Å². The fourth-order valence-electron chi connectivity index (χ4n) is 5.90. The summed E-state index contributed by atoms with van der Waals surface area (Å²) in [5, 5.41) is 3.53. The van der Waals surface area contributed by atoms with Crippen LogP contribution in [0.3, 0.4) is 0 Å². The van der Waals surface area contributed by atoms with Crippen molar-refractivity contribution in [1.29, 1.82) is 0 Å². The Balaban J connectivity index is 1.45. The number of hydrogen-bond donors (Lipinski definition) is 1. The van der Waals surface area contributed by atoms with Crippen LogP contribution in [0.1, 0.15) is 51.9 Å². The third-order valence-electron chi connectivity index (χ3n) is 6.27. The van der Waals surface area contributed by atoms with Crippen molar-refractivity contribution in [2.45, 2.75) is 64.0 Å². The molecule has 1 heterocycles. The van der Waals surface area contributed by atoms with E-state index in [0.717, 1.165) is 24.4 Å². The first-order valence-corrected chi connectivity index (χ1v) is 8.50. The van der Waals surface area contributed by atoms with Crippen LogP contribution in [0.2, 0.25) is 0 Å². The highest BCUT2D eigenvalue weighted by Crippen LogP contribution is 2.60. The Morgan fingerprint density at radius 1 is 1.10 bits per heavy atom. The van der Waals surface area contributed by atoms with E-state index >= 15 is 0 Å². The molecule has 5 rings (SSSR count). The first kappa shape index (κ1) is 13.3. The number of carbonyl (C=O) groups excluding carboxylic acids is 1. The average Bonchev–Trinajstić information content (AvgIpc) is 2.37. The largest absolute Gasteiger partial charge is 0.378 e. The van der Waals surface area contributed by atoms with Gasteiger partial charge in [0, 0.05) is 23.9 Å². The summed E-state index contributed by atoms with van der Waals surface area (Å²) in [5.41, 5.74) is 0.0666. The molecule has 0 radical (unpaired) electrons. The summed E-state index contributed by atoms with van der Waals surface area (Å²) in [6, 6.07) is 0.636. The molecule has 2 unspecified atom stereocenters. The van der Waals surface area contributed by atoms with Gasteiger partial charge in [-0.3, -0.25) is 4.79 Å². The number of ketones is 1. The summed E-state index contributed by atoms with van der Waals surface area (Å²) >= 11 is 0. The fourth-order valence-corrected chi connectivity index (χ4v) is 5.90. The number of hydrogen-bond acceptors (Lipinski definition) is 3. The molecule has 5 fully saturated rings. The van der Waals surface area contributed by atoms with Crippen molar-refractivity contribution in [3.8, 4) is 0 Å². The normalized spacial score (nSPS) is 50.4. The quantitative estimate of drug-likeness (QED) is 0.861. The maximum atomic E-state index is 13.0. The van der Waals surface area contributed by atoms with Gasteiger partial charge in [0.05, 0.1) is 13.2 Å². The Kier molecular flexibility index (Phi) is 3.19. The van der Waals surface area contributed by atoms with Crippen LogP contribution in [0.15, 0.2) is 0 Å². The van der Waals surface area contributed by atoms with Crippen LogP contribution < -0.4 is 5.32 Å². The molecule has 0 aromatic heterocycles. The topological polar surface area (TPSA) is 38.3 Å². The lowest BCUT2D eigenvalue weighted by Crippen LogP contribution is -2.53. The van der Waals surface area contributed by atoms with E-state index in [4.69, 9.17) is 4.74 Å². The standard InChI is InChI=1S/C17H27NO2/c1-11-9-20-10-15(18-11)5-16(19)17-6-12-2-13(7-17)4-14(3-12)8-17/h11-15,18H,2-10H2,1H3. The SMILES string of the molecule is CC1COCC(CC(=O)C23CC4CC(CC(C4)C2)C3)N1. The van der Waals surface area contributed by atoms with E-state index in [1.54, 1.807) is 0 Å². The third kappa shape index (κ3) is 2.23. The third-order valence-corrected chi connectivity index (χ3v) is 6.27. The molecule has 3 nitrogen and oxygen atoms in total.